The largest absolute Gasteiger partial charge is 0.481 e. The molecule has 2 atom stereocenters. The second-order valence-corrected chi connectivity index (χ2v) is 5.65. The molecule has 0 aromatic heterocycles. The number of carbonyl (C=O) groups excluding carboxylic acids is 1. The lowest BCUT2D eigenvalue weighted by Gasteiger charge is -2.33. The molecular formula is C16H20FNO4. The molecule has 0 radical (unpaired) electrons. The SMILES string of the molecule is Cc1ccc(COC(=O)N2CC[C@H](CC(=O)O)[C@H](F)C2)cc1. The fourth-order valence-corrected chi connectivity index (χ4v) is 2.49. The van der Waals surface area contributed by atoms with Gasteiger partial charge < -0.3 is 14.7 Å². The van der Waals surface area contributed by atoms with E-state index in [-0.39, 0.29) is 19.6 Å². The summed E-state index contributed by atoms with van der Waals surface area (Å²) < 4.78 is 19.1. The third-order valence-corrected chi connectivity index (χ3v) is 3.85. The number of amides is 1. The number of carbonyl (C=O) groups is 2. The molecule has 0 saturated carbocycles. The lowest BCUT2D eigenvalue weighted by atomic mass is 9.92. The molecule has 1 heterocycles. The van der Waals surface area contributed by atoms with Gasteiger partial charge in [0.25, 0.3) is 0 Å². The Morgan fingerprint density at radius 1 is 1.36 bits per heavy atom. The van der Waals surface area contributed by atoms with Gasteiger partial charge in [0, 0.05) is 12.5 Å². The Bertz CT molecular complexity index is 531. The highest BCUT2D eigenvalue weighted by atomic mass is 19.1. The van der Waals surface area contributed by atoms with Gasteiger partial charge in [-0.05, 0) is 18.9 Å². The van der Waals surface area contributed by atoms with Gasteiger partial charge in [-0.15, -0.1) is 0 Å². The van der Waals surface area contributed by atoms with Gasteiger partial charge in [0.05, 0.1) is 13.0 Å². The Hall–Kier alpha value is -2.11. The number of ether oxygens (including phenoxy) is 1. The maximum Gasteiger partial charge on any atom is 0.410 e. The number of carboxylic acids is 1. The van der Waals surface area contributed by atoms with Crippen LogP contribution in [-0.2, 0) is 16.1 Å². The predicted molar refractivity (Wildman–Crippen MR) is 78.2 cm³/mol. The van der Waals surface area contributed by atoms with Crippen molar-refractivity contribution in [1.29, 1.82) is 0 Å². The number of carboxylic acid groups (broad SMARTS) is 1. The third kappa shape index (κ3) is 4.44. The van der Waals surface area contributed by atoms with Gasteiger partial charge >= 0.3 is 12.1 Å². The van der Waals surface area contributed by atoms with Crippen molar-refractivity contribution >= 4 is 12.1 Å². The Balaban J connectivity index is 1.81. The zero-order chi connectivity index (χ0) is 16.1. The number of aryl methyl sites for hydroxylation is 1. The minimum absolute atomic E-state index is 0.106. The second-order valence-electron chi connectivity index (χ2n) is 5.65. The van der Waals surface area contributed by atoms with Crippen LogP contribution in [0.1, 0.15) is 24.0 Å². The van der Waals surface area contributed by atoms with Crippen molar-refractivity contribution in [2.45, 2.75) is 32.5 Å². The minimum atomic E-state index is -1.32. The highest BCUT2D eigenvalue weighted by Crippen LogP contribution is 2.24. The van der Waals surface area contributed by atoms with Crippen molar-refractivity contribution in [3.05, 3.63) is 35.4 Å². The number of rotatable bonds is 4. The lowest BCUT2D eigenvalue weighted by molar-refractivity contribution is -0.139. The average molecular weight is 309 g/mol. The average Bonchev–Trinajstić information content (AvgIpc) is 2.48. The topological polar surface area (TPSA) is 66.8 Å². The van der Waals surface area contributed by atoms with E-state index in [1.54, 1.807) is 0 Å². The molecule has 5 nitrogen and oxygen atoms in total. The van der Waals surface area contributed by atoms with E-state index in [1.807, 2.05) is 31.2 Å². The standard InChI is InChI=1S/C16H20FNO4/c1-11-2-4-12(5-3-11)10-22-16(21)18-7-6-13(8-15(19)20)14(17)9-18/h2-5,13-14H,6-10H2,1H3,(H,19,20)/t13-,14-/m1/s1. The van der Waals surface area contributed by atoms with E-state index in [1.165, 1.54) is 4.90 Å². The second kappa shape index (κ2) is 7.24. The molecule has 120 valence electrons. The van der Waals surface area contributed by atoms with Crippen LogP contribution in [0.25, 0.3) is 0 Å². The molecule has 1 amide bonds. The first-order valence-corrected chi connectivity index (χ1v) is 7.29. The van der Waals surface area contributed by atoms with E-state index < -0.39 is 24.2 Å². The third-order valence-electron chi connectivity index (χ3n) is 3.85. The molecule has 1 aliphatic heterocycles. The van der Waals surface area contributed by atoms with Gasteiger partial charge in [-0.3, -0.25) is 4.79 Å². The van der Waals surface area contributed by atoms with E-state index in [4.69, 9.17) is 9.84 Å². The monoisotopic (exact) mass is 309 g/mol. The van der Waals surface area contributed by atoms with Crippen LogP contribution in [0.4, 0.5) is 9.18 Å². The lowest BCUT2D eigenvalue weighted by Crippen LogP contribution is -2.45. The van der Waals surface area contributed by atoms with Crippen LogP contribution in [-0.4, -0.2) is 41.3 Å². The Morgan fingerprint density at radius 3 is 2.64 bits per heavy atom. The van der Waals surface area contributed by atoms with Crippen molar-refractivity contribution in [2.75, 3.05) is 13.1 Å². The summed E-state index contributed by atoms with van der Waals surface area (Å²) in [5.41, 5.74) is 1.99. The predicted octanol–water partition coefficient (Wildman–Crippen LogP) is 2.77. The first-order valence-electron chi connectivity index (χ1n) is 7.29. The summed E-state index contributed by atoms with van der Waals surface area (Å²) in [6, 6.07) is 7.61. The summed E-state index contributed by atoms with van der Waals surface area (Å²) in [6.07, 6.45) is -1.74. The van der Waals surface area contributed by atoms with E-state index in [0.29, 0.717) is 13.0 Å². The molecule has 2 rings (SSSR count). The van der Waals surface area contributed by atoms with Crippen LogP contribution in [0, 0.1) is 12.8 Å². The number of alkyl halides is 1. The minimum Gasteiger partial charge on any atom is -0.481 e. The molecule has 1 aromatic carbocycles. The van der Waals surface area contributed by atoms with E-state index >= 15 is 0 Å². The first kappa shape index (κ1) is 16.3. The summed E-state index contributed by atoms with van der Waals surface area (Å²) in [7, 11) is 0. The van der Waals surface area contributed by atoms with Gasteiger partial charge in [-0.25, -0.2) is 9.18 Å². The number of benzene rings is 1. The molecule has 1 aromatic rings. The van der Waals surface area contributed by atoms with Crippen LogP contribution < -0.4 is 0 Å². The molecule has 1 aliphatic rings. The van der Waals surface area contributed by atoms with Crippen molar-refractivity contribution in [2.24, 2.45) is 5.92 Å². The van der Waals surface area contributed by atoms with Crippen LogP contribution in [0.5, 0.6) is 0 Å². The molecular weight excluding hydrogens is 289 g/mol. The van der Waals surface area contributed by atoms with Crippen molar-refractivity contribution in [3.8, 4) is 0 Å². The summed E-state index contributed by atoms with van der Waals surface area (Å²) in [6.45, 7) is 2.33. The summed E-state index contributed by atoms with van der Waals surface area (Å²) in [5, 5.41) is 8.72. The fourth-order valence-electron chi connectivity index (χ4n) is 2.49. The van der Waals surface area contributed by atoms with Gasteiger partial charge in [0.15, 0.2) is 0 Å². The quantitative estimate of drug-likeness (QED) is 0.928. The smallest absolute Gasteiger partial charge is 0.410 e. The van der Waals surface area contributed by atoms with Gasteiger partial charge in [-0.2, -0.15) is 0 Å². The molecule has 1 saturated heterocycles. The highest BCUT2D eigenvalue weighted by Gasteiger charge is 2.33. The number of halogens is 1. The summed E-state index contributed by atoms with van der Waals surface area (Å²) in [4.78, 5) is 23.9. The Morgan fingerprint density at radius 2 is 2.05 bits per heavy atom. The van der Waals surface area contributed by atoms with E-state index in [0.717, 1.165) is 11.1 Å². The highest BCUT2D eigenvalue weighted by molar-refractivity contribution is 5.68. The Kier molecular flexibility index (Phi) is 5.35. The summed E-state index contributed by atoms with van der Waals surface area (Å²) in [5.74, 6) is -1.54. The van der Waals surface area contributed by atoms with Gasteiger partial charge in [0.2, 0.25) is 0 Å². The number of piperidine rings is 1. The van der Waals surface area contributed by atoms with Gasteiger partial charge in [-0.1, -0.05) is 29.8 Å². The van der Waals surface area contributed by atoms with Crippen molar-refractivity contribution in [1.82, 2.24) is 4.90 Å². The normalized spacial score (nSPS) is 21.5. The molecule has 1 fully saturated rings. The zero-order valence-corrected chi connectivity index (χ0v) is 12.5. The van der Waals surface area contributed by atoms with Crippen LogP contribution in [0.15, 0.2) is 24.3 Å². The molecule has 0 aliphatic carbocycles. The van der Waals surface area contributed by atoms with Crippen molar-refractivity contribution in [3.63, 3.8) is 0 Å². The van der Waals surface area contributed by atoms with Crippen LogP contribution in [0.3, 0.4) is 0 Å². The molecule has 1 N–H and O–H groups in total. The molecule has 0 spiro atoms. The van der Waals surface area contributed by atoms with E-state index in [9.17, 15) is 14.0 Å². The Labute approximate surface area is 128 Å². The van der Waals surface area contributed by atoms with Crippen LogP contribution >= 0.6 is 0 Å². The number of hydrogen-bond acceptors (Lipinski definition) is 3. The molecule has 22 heavy (non-hydrogen) atoms. The number of aliphatic carboxylic acids is 1. The van der Waals surface area contributed by atoms with E-state index in [2.05, 4.69) is 0 Å². The summed E-state index contributed by atoms with van der Waals surface area (Å²) >= 11 is 0. The fraction of sp³-hybridized carbons (Fsp3) is 0.500. The maximum absolute atomic E-state index is 13.9. The maximum atomic E-state index is 13.9. The zero-order valence-electron chi connectivity index (χ0n) is 12.5. The molecule has 0 bridgehead atoms. The van der Waals surface area contributed by atoms with Crippen LogP contribution in [0.2, 0.25) is 0 Å². The van der Waals surface area contributed by atoms with Crippen molar-refractivity contribution < 1.29 is 23.8 Å². The number of hydrogen-bond donors (Lipinski definition) is 1. The molecule has 6 heteroatoms. The molecule has 0 unspecified atom stereocenters. The van der Waals surface area contributed by atoms with Gasteiger partial charge in [0.1, 0.15) is 12.8 Å². The number of nitrogens with zero attached hydrogens (tertiary/aromatic N) is 1. The number of likely N-dealkylation sites (tertiary alicyclic amines) is 1. The first-order chi connectivity index (χ1) is 10.5.